The average Bonchev–Trinajstić information content (AvgIpc) is 2.55. The lowest BCUT2D eigenvalue weighted by Gasteiger charge is -2.06. The van der Waals surface area contributed by atoms with Gasteiger partial charge in [0.15, 0.2) is 0 Å². The van der Waals surface area contributed by atoms with Gasteiger partial charge in [-0.05, 0) is 10.4 Å². The van der Waals surface area contributed by atoms with E-state index in [0.717, 1.165) is 5.06 Å². The molecule has 7 nitrogen and oxygen atoms in total. The van der Waals surface area contributed by atoms with Crippen LogP contribution in [0.3, 0.4) is 0 Å². The van der Waals surface area contributed by atoms with Gasteiger partial charge >= 0.3 is 0 Å². The summed E-state index contributed by atoms with van der Waals surface area (Å²) in [5.41, 5.74) is 0.606. The van der Waals surface area contributed by atoms with Crippen molar-refractivity contribution in [3.05, 3.63) is 11.5 Å². The van der Waals surface area contributed by atoms with E-state index in [2.05, 4.69) is 26.0 Å². The maximum atomic E-state index is 9.16. The molecule has 7 heteroatoms. The molecule has 0 unspecified atom stereocenters. The van der Waals surface area contributed by atoms with Gasteiger partial charge in [0, 0.05) is 6.54 Å². The van der Waals surface area contributed by atoms with Gasteiger partial charge in [-0.1, -0.05) is 0 Å². The predicted molar refractivity (Wildman–Crippen MR) is 33.2 cm³/mol. The summed E-state index contributed by atoms with van der Waals surface area (Å²) in [4.78, 5) is 0. The van der Waals surface area contributed by atoms with Gasteiger partial charge in [0.05, 0.1) is 6.67 Å². The van der Waals surface area contributed by atoms with Crippen molar-refractivity contribution in [1.29, 1.82) is 0 Å². The van der Waals surface area contributed by atoms with E-state index in [-0.39, 0.29) is 0 Å². The first-order valence-corrected chi connectivity index (χ1v) is 3.10. The van der Waals surface area contributed by atoms with E-state index in [1.54, 1.807) is 0 Å². The minimum Gasteiger partial charge on any atom is -0.292 e. The van der Waals surface area contributed by atoms with E-state index in [1.807, 2.05) is 0 Å². The molecule has 0 aromatic heterocycles. The molecule has 0 atom stereocenters. The minimum atomic E-state index is 0.373. The molecule has 0 radical (unpaired) electrons. The monoisotopic (exact) mass is 154 g/mol. The predicted octanol–water partition coefficient (Wildman–Crippen LogP) is 0.240. The molecule has 11 heavy (non-hydrogen) atoms. The van der Waals surface area contributed by atoms with Gasteiger partial charge in [-0.3, -0.25) is 10.5 Å². The van der Waals surface area contributed by atoms with E-state index in [9.17, 15) is 0 Å². The lowest BCUT2D eigenvalue weighted by atomic mass is 10.4. The van der Waals surface area contributed by atoms with Gasteiger partial charge in [-0.2, -0.15) is 0 Å². The molecule has 1 fully saturated rings. The zero-order valence-electron chi connectivity index (χ0n) is 5.60. The zero-order valence-corrected chi connectivity index (χ0v) is 5.60. The van der Waals surface area contributed by atoms with E-state index in [4.69, 9.17) is 5.21 Å². The summed E-state index contributed by atoms with van der Waals surface area (Å²) in [7, 11) is 0. The van der Waals surface area contributed by atoms with Crippen molar-refractivity contribution in [2.75, 3.05) is 13.2 Å². The molecular weight excluding hydrogens is 148 g/mol. The highest BCUT2D eigenvalue weighted by molar-refractivity contribution is 5.13. The molecule has 2 aliphatic heterocycles. The van der Waals surface area contributed by atoms with Crippen molar-refractivity contribution in [3.8, 4) is 0 Å². The van der Waals surface area contributed by atoms with E-state index >= 15 is 0 Å². The number of hydroxylamine groups is 2. The summed E-state index contributed by atoms with van der Waals surface area (Å²) in [5, 5.41) is 26.9. The number of nitrogens with one attached hydrogen (secondary N) is 1. The largest absolute Gasteiger partial charge is 0.292 e. The molecule has 2 aliphatic rings. The highest BCUT2D eigenvalue weighted by Gasteiger charge is 2.20. The number of hydrogen-bond acceptors (Lipinski definition) is 7. The molecule has 2 heterocycles. The van der Waals surface area contributed by atoms with Crippen LogP contribution in [0.2, 0.25) is 0 Å². The molecular formula is C4H6N6O. The van der Waals surface area contributed by atoms with Crippen molar-refractivity contribution in [3.63, 3.8) is 0 Å². The lowest BCUT2D eigenvalue weighted by molar-refractivity contribution is -0.0425. The summed E-state index contributed by atoms with van der Waals surface area (Å²) in [6, 6.07) is 0. The van der Waals surface area contributed by atoms with E-state index in [1.165, 1.54) is 0 Å². The van der Waals surface area contributed by atoms with Crippen LogP contribution >= 0.6 is 0 Å². The van der Waals surface area contributed by atoms with Crippen LogP contribution in [0.5, 0.6) is 0 Å². The Kier molecular flexibility index (Phi) is 1.37. The summed E-state index contributed by atoms with van der Waals surface area (Å²) >= 11 is 0. The molecule has 0 aromatic carbocycles. The van der Waals surface area contributed by atoms with Gasteiger partial charge in [0.25, 0.3) is 0 Å². The second-order valence-corrected chi connectivity index (χ2v) is 2.13. The van der Waals surface area contributed by atoms with Crippen molar-refractivity contribution in [2.45, 2.75) is 0 Å². The van der Waals surface area contributed by atoms with Crippen LogP contribution in [0.1, 0.15) is 0 Å². The first-order valence-electron chi connectivity index (χ1n) is 3.10. The quantitative estimate of drug-likeness (QED) is 0.524. The first kappa shape index (κ1) is 6.38. The molecule has 1 saturated heterocycles. The third-order valence-corrected chi connectivity index (χ3v) is 1.44. The van der Waals surface area contributed by atoms with Crippen molar-refractivity contribution in [2.24, 2.45) is 20.7 Å². The Bertz CT molecular complexity index is 241. The van der Waals surface area contributed by atoms with Gasteiger partial charge in [-0.15, -0.1) is 10.2 Å². The van der Waals surface area contributed by atoms with Gasteiger partial charge in [0.1, 0.15) is 5.70 Å². The average molecular weight is 154 g/mol. The van der Waals surface area contributed by atoms with Gasteiger partial charge in [-0.25, -0.2) is 5.06 Å². The first-order chi connectivity index (χ1) is 5.38. The standard InChI is InChI=1S/C4H6N6O/c11-10-2-5-1-3(10)4-6-8-9-7-4/h5,11H,1-2H2. The Balaban J connectivity index is 2.31. The molecule has 0 spiro atoms. The van der Waals surface area contributed by atoms with Gasteiger partial charge < -0.3 is 0 Å². The van der Waals surface area contributed by atoms with Gasteiger partial charge in [0.2, 0.25) is 5.82 Å². The van der Waals surface area contributed by atoms with E-state index in [0.29, 0.717) is 24.7 Å². The molecule has 0 bridgehead atoms. The Labute approximate surface area is 62.1 Å². The molecule has 0 saturated carbocycles. The Morgan fingerprint density at radius 3 is 2.64 bits per heavy atom. The Hall–Kier alpha value is -1.34. The fourth-order valence-electron chi connectivity index (χ4n) is 0.922. The van der Waals surface area contributed by atoms with Crippen molar-refractivity contribution < 1.29 is 5.21 Å². The molecule has 2 N–H and O–H groups in total. The topological polar surface area (TPSA) is 84.9 Å². The van der Waals surface area contributed by atoms with Crippen LogP contribution in [-0.2, 0) is 0 Å². The zero-order chi connectivity index (χ0) is 7.68. The highest BCUT2D eigenvalue weighted by atomic mass is 16.5. The lowest BCUT2D eigenvalue weighted by Crippen LogP contribution is -2.16. The van der Waals surface area contributed by atoms with E-state index < -0.39 is 0 Å². The second-order valence-electron chi connectivity index (χ2n) is 2.13. The van der Waals surface area contributed by atoms with Crippen LogP contribution < -0.4 is 5.32 Å². The number of hydrogen-bond donors (Lipinski definition) is 2. The van der Waals surface area contributed by atoms with Crippen molar-refractivity contribution in [1.82, 2.24) is 10.4 Å². The van der Waals surface area contributed by atoms with Crippen LogP contribution in [0.4, 0.5) is 0 Å². The fraction of sp³-hybridized carbons (Fsp3) is 0.500. The molecule has 58 valence electrons. The number of rotatable bonds is 0. The third-order valence-electron chi connectivity index (χ3n) is 1.44. The van der Waals surface area contributed by atoms with Crippen LogP contribution in [-0.4, -0.2) is 23.5 Å². The normalized spacial score (nSPS) is 22.5. The SMILES string of the molecule is ON1CNCC1=C1N=NN=N1. The summed E-state index contributed by atoms with van der Waals surface area (Å²) in [6.07, 6.45) is 0. The molecule has 2 rings (SSSR count). The summed E-state index contributed by atoms with van der Waals surface area (Å²) < 4.78 is 0. The van der Waals surface area contributed by atoms with Crippen molar-refractivity contribution >= 4 is 0 Å². The van der Waals surface area contributed by atoms with Crippen LogP contribution in [0, 0.1) is 0 Å². The summed E-state index contributed by atoms with van der Waals surface area (Å²) in [5.74, 6) is 0.373. The molecule has 0 aromatic rings. The highest BCUT2D eigenvalue weighted by Crippen LogP contribution is 2.18. The Morgan fingerprint density at radius 1 is 1.36 bits per heavy atom. The van der Waals surface area contributed by atoms with Crippen LogP contribution in [0.15, 0.2) is 32.2 Å². The van der Waals surface area contributed by atoms with Crippen LogP contribution in [0.25, 0.3) is 0 Å². The smallest absolute Gasteiger partial charge is 0.222 e. The Morgan fingerprint density at radius 2 is 2.09 bits per heavy atom. The number of nitrogens with zero attached hydrogens (tertiary/aromatic N) is 5. The summed E-state index contributed by atoms with van der Waals surface area (Å²) in [6.45, 7) is 0.938. The third kappa shape index (κ3) is 0.994. The molecule has 0 aliphatic carbocycles. The fourth-order valence-corrected chi connectivity index (χ4v) is 0.922. The second kappa shape index (κ2) is 2.36. The molecule has 0 amide bonds. The maximum Gasteiger partial charge on any atom is 0.222 e. The minimum absolute atomic E-state index is 0.373. The maximum absolute atomic E-state index is 9.16.